The highest BCUT2D eigenvalue weighted by Gasteiger charge is 2.37. The minimum absolute atomic E-state index is 0.0236. The normalized spacial score (nSPS) is 19.3. The number of benzene rings is 2. The van der Waals surface area contributed by atoms with Crippen LogP contribution in [0.25, 0.3) is 11.1 Å². The van der Waals surface area contributed by atoms with E-state index in [4.69, 9.17) is 4.74 Å². The SMILES string of the molecule is CN(C)C[C@@H]1OCCN(C(=O)c2ccc(-c3ccccc3)cc2)[C@H]1c1cnn(C)c1. The number of amides is 1. The largest absolute Gasteiger partial charge is 0.373 e. The Morgan fingerprint density at radius 1 is 1.10 bits per heavy atom. The third-order valence-electron chi connectivity index (χ3n) is 5.46. The van der Waals surface area contributed by atoms with Crippen LogP contribution in [0.3, 0.4) is 0 Å². The zero-order valence-corrected chi connectivity index (χ0v) is 17.7. The molecule has 1 fully saturated rings. The molecule has 1 aliphatic heterocycles. The molecule has 0 N–H and O–H groups in total. The van der Waals surface area contributed by atoms with E-state index in [0.29, 0.717) is 18.7 Å². The number of carbonyl (C=O) groups is 1. The van der Waals surface area contributed by atoms with Gasteiger partial charge in [-0.15, -0.1) is 0 Å². The molecule has 0 bridgehead atoms. The Morgan fingerprint density at radius 3 is 2.43 bits per heavy atom. The standard InChI is InChI=1S/C24H28N4O2/c1-26(2)17-22-23(21-15-25-27(3)16-21)28(13-14-30-22)24(29)20-11-9-19(10-12-20)18-7-5-4-6-8-18/h4-12,15-16,22-23H,13-14,17H2,1-3H3/t22-,23-/m0/s1. The lowest BCUT2D eigenvalue weighted by Crippen LogP contribution is -2.51. The summed E-state index contributed by atoms with van der Waals surface area (Å²) in [6.45, 7) is 1.82. The van der Waals surface area contributed by atoms with Crippen molar-refractivity contribution >= 4 is 5.91 Å². The van der Waals surface area contributed by atoms with Crippen LogP contribution in [0.4, 0.5) is 0 Å². The van der Waals surface area contributed by atoms with Crippen molar-refractivity contribution in [2.45, 2.75) is 12.1 Å². The molecule has 0 radical (unpaired) electrons. The number of aromatic nitrogens is 2. The quantitative estimate of drug-likeness (QED) is 0.655. The number of nitrogens with zero attached hydrogens (tertiary/aromatic N) is 4. The van der Waals surface area contributed by atoms with Gasteiger partial charge in [0, 0.05) is 37.5 Å². The average molecular weight is 405 g/mol. The lowest BCUT2D eigenvalue weighted by atomic mass is 9.98. The zero-order valence-electron chi connectivity index (χ0n) is 17.7. The molecule has 6 nitrogen and oxygen atoms in total. The second kappa shape index (κ2) is 8.81. The predicted molar refractivity (Wildman–Crippen MR) is 117 cm³/mol. The molecule has 30 heavy (non-hydrogen) atoms. The summed E-state index contributed by atoms with van der Waals surface area (Å²) in [5, 5.41) is 4.33. The molecular weight excluding hydrogens is 376 g/mol. The monoisotopic (exact) mass is 404 g/mol. The number of ether oxygens (including phenoxy) is 1. The molecule has 1 aromatic heterocycles. The molecule has 6 heteroatoms. The third-order valence-corrected chi connectivity index (χ3v) is 5.46. The first-order valence-electron chi connectivity index (χ1n) is 10.2. The van der Waals surface area contributed by atoms with Crippen LogP contribution in [-0.4, -0.2) is 65.4 Å². The second-order valence-electron chi connectivity index (χ2n) is 8.01. The Hall–Kier alpha value is -2.96. The van der Waals surface area contributed by atoms with Crippen LogP contribution in [0.5, 0.6) is 0 Å². The first-order chi connectivity index (χ1) is 14.5. The van der Waals surface area contributed by atoms with Gasteiger partial charge < -0.3 is 14.5 Å². The molecule has 0 spiro atoms. The summed E-state index contributed by atoms with van der Waals surface area (Å²) in [6.07, 6.45) is 3.70. The molecule has 4 rings (SSSR count). The van der Waals surface area contributed by atoms with Crippen LogP contribution in [0.2, 0.25) is 0 Å². The van der Waals surface area contributed by atoms with Gasteiger partial charge in [0.1, 0.15) is 0 Å². The first kappa shape index (κ1) is 20.3. The number of morpholine rings is 1. The molecule has 0 saturated carbocycles. The number of likely N-dealkylation sites (N-methyl/N-ethyl adjacent to an activating group) is 1. The van der Waals surface area contributed by atoms with Gasteiger partial charge >= 0.3 is 0 Å². The smallest absolute Gasteiger partial charge is 0.254 e. The van der Waals surface area contributed by atoms with Gasteiger partial charge in [-0.25, -0.2) is 0 Å². The topological polar surface area (TPSA) is 50.6 Å². The highest BCUT2D eigenvalue weighted by molar-refractivity contribution is 5.95. The van der Waals surface area contributed by atoms with Crippen molar-refractivity contribution in [3.05, 3.63) is 78.1 Å². The average Bonchev–Trinajstić information content (AvgIpc) is 3.19. The molecule has 2 atom stereocenters. The van der Waals surface area contributed by atoms with Gasteiger partial charge in [-0.1, -0.05) is 42.5 Å². The third kappa shape index (κ3) is 4.30. The van der Waals surface area contributed by atoms with Gasteiger partial charge in [-0.2, -0.15) is 5.10 Å². The lowest BCUT2D eigenvalue weighted by molar-refractivity contribution is -0.0684. The molecular formula is C24H28N4O2. The van der Waals surface area contributed by atoms with E-state index in [1.165, 1.54) is 0 Å². The molecule has 3 aromatic rings. The van der Waals surface area contributed by atoms with E-state index in [-0.39, 0.29) is 18.1 Å². The Kier molecular flexibility index (Phi) is 5.97. The van der Waals surface area contributed by atoms with E-state index in [1.807, 2.05) is 80.9 Å². The summed E-state index contributed by atoms with van der Waals surface area (Å²) in [5.41, 5.74) is 3.93. The van der Waals surface area contributed by atoms with Gasteiger partial charge in [0.2, 0.25) is 0 Å². The minimum atomic E-state index is -0.170. The lowest BCUT2D eigenvalue weighted by Gasteiger charge is -2.41. The summed E-state index contributed by atoms with van der Waals surface area (Å²) >= 11 is 0. The molecule has 1 amide bonds. The van der Waals surface area contributed by atoms with E-state index in [2.05, 4.69) is 22.1 Å². The van der Waals surface area contributed by atoms with Gasteiger partial charge in [-0.05, 0) is 37.4 Å². The fourth-order valence-electron chi connectivity index (χ4n) is 4.06. The van der Waals surface area contributed by atoms with E-state index in [9.17, 15) is 4.79 Å². The van der Waals surface area contributed by atoms with Gasteiger partial charge in [-0.3, -0.25) is 9.48 Å². The predicted octanol–water partition coefficient (Wildman–Crippen LogP) is 3.23. The highest BCUT2D eigenvalue weighted by atomic mass is 16.5. The van der Waals surface area contributed by atoms with Gasteiger partial charge in [0.25, 0.3) is 5.91 Å². The Morgan fingerprint density at radius 2 is 1.80 bits per heavy atom. The van der Waals surface area contributed by atoms with Crippen LogP contribution in [0.15, 0.2) is 67.0 Å². The fraction of sp³-hybridized carbons (Fsp3) is 0.333. The van der Waals surface area contributed by atoms with E-state index >= 15 is 0 Å². The van der Waals surface area contributed by atoms with Crippen LogP contribution in [0, 0.1) is 0 Å². The van der Waals surface area contributed by atoms with Crippen LogP contribution < -0.4 is 0 Å². The molecule has 1 saturated heterocycles. The van der Waals surface area contributed by atoms with Crippen molar-refractivity contribution < 1.29 is 9.53 Å². The Balaban J connectivity index is 1.62. The summed E-state index contributed by atoms with van der Waals surface area (Å²) < 4.78 is 7.86. The summed E-state index contributed by atoms with van der Waals surface area (Å²) in [4.78, 5) is 17.5. The highest BCUT2D eigenvalue weighted by Crippen LogP contribution is 2.31. The van der Waals surface area contributed by atoms with Crippen molar-refractivity contribution in [1.29, 1.82) is 0 Å². The number of carbonyl (C=O) groups excluding carboxylic acids is 1. The number of rotatable bonds is 5. The van der Waals surface area contributed by atoms with Crippen molar-refractivity contribution in [2.75, 3.05) is 33.8 Å². The first-order valence-corrected chi connectivity index (χ1v) is 10.2. The maximum Gasteiger partial charge on any atom is 0.254 e. The zero-order chi connectivity index (χ0) is 21.1. The molecule has 0 unspecified atom stereocenters. The van der Waals surface area contributed by atoms with Crippen molar-refractivity contribution in [3.63, 3.8) is 0 Å². The summed E-state index contributed by atoms with van der Waals surface area (Å²) in [5.74, 6) is 0.0236. The van der Waals surface area contributed by atoms with Crippen LogP contribution >= 0.6 is 0 Å². The molecule has 0 aliphatic carbocycles. The fourth-order valence-corrected chi connectivity index (χ4v) is 4.06. The van der Waals surface area contributed by atoms with Crippen molar-refractivity contribution in [1.82, 2.24) is 19.6 Å². The van der Waals surface area contributed by atoms with E-state index in [0.717, 1.165) is 23.2 Å². The maximum absolute atomic E-state index is 13.5. The Bertz CT molecular complexity index is 982. The maximum atomic E-state index is 13.5. The van der Waals surface area contributed by atoms with Gasteiger partial charge in [0.05, 0.1) is 24.9 Å². The molecule has 1 aliphatic rings. The van der Waals surface area contributed by atoms with Crippen molar-refractivity contribution in [3.8, 4) is 11.1 Å². The van der Waals surface area contributed by atoms with Crippen molar-refractivity contribution in [2.24, 2.45) is 7.05 Å². The Labute approximate surface area is 177 Å². The van der Waals surface area contributed by atoms with Crippen LogP contribution in [-0.2, 0) is 11.8 Å². The summed E-state index contributed by atoms with van der Waals surface area (Å²) in [7, 11) is 5.93. The second-order valence-corrected chi connectivity index (χ2v) is 8.01. The van der Waals surface area contributed by atoms with Gasteiger partial charge in [0.15, 0.2) is 0 Å². The molecule has 156 valence electrons. The van der Waals surface area contributed by atoms with Crippen LogP contribution in [0.1, 0.15) is 22.0 Å². The number of hydrogen-bond donors (Lipinski definition) is 0. The number of hydrogen-bond acceptors (Lipinski definition) is 4. The molecule has 2 heterocycles. The minimum Gasteiger partial charge on any atom is -0.373 e. The molecule has 2 aromatic carbocycles. The summed E-state index contributed by atoms with van der Waals surface area (Å²) in [6, 6.07) is 17.9. The van der Waals surface area contributed by atoms with E-state index in [1.54, 1.807) is 4.68 Å². The number of aryl methyl sites for hydroxylation is 1. The van der Waals surface area contributed by atoms with E-state index < -0.39 is 0 Å².